The van der Waals surface area contributed by atoms with Crippen molar-refractivity contribution in [3.05, 3.63) is 0 Å². The zero-order valence-corrected chi connectivity index (χ0v) is 11.6. The molecule has 1 unspecified atom stereocenters. The van der Waals surface area contributed by atoms with Crippen molar-refractivity contribution in [2.24, 2.45) is 0 Å². The number of hydrogen-bond acceptors (Lipinski definition) is 3. The minimum absolute atomic E-state index is 0.0666. The highest BCUT2D eigenvalue weighted by molar-refractivity contribution is 7.99. The summed E-state index contributed by atoms with van der Waals surface area (Å²) < 4.78 is 0. The Kier molecular flexibility index (Phi) is 4.74. The van der Waals surface area contributed by atoms with Crippen LogP contribution in [0.4, 0.5) is 0 Å². The number of amides is 1. The molecule has 1 atom stereocenters. The van der Waals surface area contributed by atoms with Crippen LogP contribution in [-0.4, -0.2) is 35.5 Å². The number of carbonyl (C=O) groups is 1. The molecule has 0 aromatic heterocycles. The monoisotopic (exact) mass is 256 g/mol. The third kappa shape index (κ3) is 4.18. The highest BCUT2D eigenvalue weighted by Gasteiger charge is 2.29. The second-order valence-electron chi connectivity index (χ2n) is 5.60. The van der Waals surface area contributed by atoms with Crippen molar-refractivity contribution < 1.29 is 4.79 Å². The molecule has 98 valence electrons. The number of nitrogens with one attached hydrogen (secondary N) is 2. The van der Waals surface area contributed by atoms with Crippen LogP contribution in [0.1, 0.15) is 45.4 Å². The van der Waals surface area contributed by atoms with Crippen LogP contribution in [0.2, 0.25) is 0 Å². The zero-order chi connectivity index (χ0) is 12.1. The lowest BCUT2D eigenvalue weighted by molar-refractivity contribution is -0.123. The summed E-state index contributed by atoms with van der Waals surface area (Å²) in [6, 6.07) is 0.376. The molecule has 1 aliphatic carbocycles. The maximum atomic E-state index is 12.0. The van der Waals surface area contributed by atoms with E-state index in [-0.39, 0.29) is 11.4 Å². The predicted molar refractivity (Wildman–Crippen MR) is 73.4 cm³/mol. The first kappa shape index (κ1) is 13.2. The Bertz CT molecular complexity index is 258. The Morgan fingerprint density at radius 1 is 1.41 bits per heavy atom. The summed E-state index contributed by atoms with van der Waals surface area (Å²) in [5, 5.41) is 6.67. The minimum atomic E-state index is 0.0666. The average molecular weight is 256 g/mol. The molecule has 0 bridgehead atoms. The number of thioether (sulfide) groups is 1. The molecule has 0 aromatic rings. The van der Waals surface area contributed by atoms with Crippen molar-refractivity contribution in [3.63, 3.8) is 0 Å². The van der Waals surface area contributed by atoms with Gasteiger partial charge in [-0.15, -0.1) is 0 Å². The van der Waals surface area contributed by atoms with E-state index >= 15 is 0 Å². The van der Waals surface area contributed by atoms with E-state index in [1.165, 1.54) is 25.0 Å². The van der Waals surface area contributed by atoms with Gasteiger partial charge < -0.3 is 10.6 Å². The van der Waals surface area contributed by atoms with E-state index in [1.54, 1.807) is 0 Å². The van der Waals surface area contributed by atoms with Crippen molar-refractivity contribution in [1.29, 1.82) is 0 Å². The van der Waals surface area contributed by atoms with Gasteiger partial charge in [0, 0.05) is 36.1 Å². The normalized spacial score (nSPS) is 28.6. The average Bonchev–Trinajstić information content (AvgIpc) is 2.30. The zero-order valence-electron chi connectivity index (χ0n) is 10.8. The van der Waals surface area contributed by atoms with Gasteiger partial charge in [-0.1, -0.05) is 19.3 Å². The molecular weight excluding hydrogens is 232 g/mol. The van der Waals surface area contributed by atoms with Crippen LogP contribution < -0.4 is 10.6 Å². The fourth-order valence-electron chi connectivity index (χ4n) is 2.82. The lowest BCUT2D eigenvalue weighted by Crippen LogP contribution is -2.49. The van der Waals surface area contributed by atoms with Crippen molar-refractivity contribution in [1.82, 2.24) is 10.6 Å². The molecule has 1 aliphatic heterocycles. The summed E-state index contributed by atoms with van der Waals surface area (Å²) in [5.41, 5.74) is 0.0666. The predicted octanol–water partition coefficient (Wildman–Crippen LogP) is 1.92. The largest absolute Gasteiger partial charge is 0.351 e. The van der Waals surface area contributed by atoms with E-state index < -0.39 is 0 Å². The van der Waals surface area contributed by atoms with E-state index in [2.05, 4.69) is 17.6 Å². The van der Waals surface area contributed by atoms with Crippen molar-refractivity contribution in [2.45, 2.75) is 57.0 Å². The van der Waals surface area contributed by atoms with Gasteiger partial charge in [0.2, 0.25) is 5.91 Å². The summed E-state index contributed by atoms with van der Waals surface area (Å²) in [6.07, 6.45) is 6.77. The van der Waals surface area contributed by atoms with Gasteiger partial charge in [-0.2, -0.15) is 11.8 Å². The van der Waals surface area contributed by atoms with Crippen molar-refractivity contribution in [3.8, 4) is 0 Å². The maximum absolute atomic E-state index is 12.0. The molecule has 3 nitrogen and oxygen atoms in total. The first-order chi connectivity index (χ1) is 8.18. The third-order valence-electron chi connectivity index (χ3n) is 3.83. The fraction of sp³-hybridized carbons (Fsp3) is 0.923. The molecule has 0 radical (unpaired) electrons. The molecule has 1 saturated heterocycles. The van der Waals surface area contributed by atoms with E-state index in [4.69, 9.17) is 0 Å². The SMILES string of the molecule is CC1(NC(=O)CC2CSCCN2)CCCCC1. The van der Waals surface area contributed by atoms with Crippen LogP contribution in [-0.2, 0) is 4.79 Å². The lowest BCUT2D eigenvalue weighted by atomic mass is 9.83. The second kappa shape index (κ2) is 6.10. The highest BCUT2D eigenvalue weighted by atomic mass is 32.2. The first-order valence-corrected chi connectivity index (χ1v) is 7.96. The standard InChI is InChI=1S/C13H24N2OS/c1-13(5-3-2-4-6-13)15-12(16)9-11-10-17-8-7-14-11/h11,14H,2-10H2,1H3,(H,15,16). The molecule has 4 heteroatoms. The molecule has 1 amide bonds. The Morgan fingerprint density at radius 3 is 2.82 bits per heavy atom. The van der Waals surface area contributed by atoms with Gasteiger partial charge in [0.05, 0.1) is 0 Å². The van der Waals surface area contributed by atoms with Crippen LogP contribution in [0.5, 0.6) is 0 Å². The lowest BCUT2D eigenvalue weighted by Gasteiger charge is -2.35. The van der Waals surface area contributed by atoms with Gasteiger partial charge in [-0.05, 0) is 19.8 Å². The van der Waals surface area contributed by atoms with Crippen LogP contribution >= 0.6 is 11.8 Å². The molecule has 1 heterocycles. The summed E-state index contributed by atoms with van der Waals surface area (Å²) in [5.74, 6) is 2.48. The third-order valence-corrected chi connectivity index (χ3v) is 4.96. The highest BCUT2D eigenvalue weighted by Crippen LogP contribution is 2.27. The van der Waals surface area contributed by atoms with E-state index in [1.807, 2.05) is 11.8 Å². The van der Waals surface area contributed by atoms with Gasteiger partial charge in [0.15, 0.2) is 0 Å². The van der Waals surface area contributed by atoms with E-state index in [0.29, 0.717) is 12.5 Å². The number of hydrogen-bond donors (Lipinski definition) is 2. The van der Waals surface area contributed by atoms with Gasteiger partial charge in [-0.25, -0.2) is 0 Å². The molecule has 0 spiro atoms. The summed E-state index contributed by atoms with van der Waals surface area (Å²) in [6.45, 7) is 3.24. The van der Waals surface area contributed by atoms with Crippen LogP contribution in [0.15, 0.2) is 0 Å². The quantitative estimate of drug-likeness (QED) is 0.810. The summed E-state index contributed by atoms with van der Waals surface area (Å²) in [4.78, 5) is 12.0. The topological polar surface area (TPSA) is 41.1 Å². The van der Waals surface area contributed by atoms with Crippen LogP contribution in [0, 0.1) is 0 Å². The minimum Gasteiger partial charge on any atom is -0.351 e. The van der Waals surface area contributed by atoms with Gasteiger partial charge >= 0.3 is 0 Å². The number of rotatable bonds is 3. The van der Waals surface area contributed by atoms with Gasteiger partial charge in [0.1, 0.15) is 0 Å². The van der Waals surface area contributed by atoms with Gasteiger partial charge in [0.25, 0.3) is 0 Å². The molecule has 1 saturated carbocycles. The molecular formula is C13H24N2OS. The molecule has 2 rings (SSSR count). The smallest absolute Gasteiger partial charge is 0.222 e. The summed E-state index contributed by atoms with van der Waals surface area (Å²) in [7, 11) is 0. The van der Waals surface area contributed by atoms with E-state index in [0.717, 1.165) is 25.1 Å². The Labute approximate surface area is 108 Å². The first-order valence-electron chi connectivity index (χ1n) is 6.80. The van der Waals surface area contributed by atoms with Crippen molar-refractivity contribution in [2.75, 3.05) is 18.1 Å². The summed E-state index contributed by atoms with van der Waals surface area (Å²) >= 11 is 1.95. The Hall–Kier alpha value is -0.220. The Morgan fingerprint density at radius 2 is 2.18 bits per heavy atom. The number of carbonyl (C=O) groups excluding carboxylic acids is 1. The molecule has 17 heavy (non-hydrogen) atoms. The Balaban J connectivity index is 1.75. The fourth-order valence-corrected chi connectivity index (χ4v) is 3.77. The van der Waals surface area contributed by atoms with E-state index in [9.17, 15) is 4.79 Å². The molecule has 2 N–H and O–H groups in total. The van der Waals surface area contributed by atoms with Crippen LogP contribution in [0.25, 0.3) is 0 Å². The maximum Gasteiger partial charge on any atom is 0.222 e. The molecule has 0 aromatic carbocycles. The molecule has 2 fully saturated rings. The van der Waals surface area contributed by atoms with Crippen molar-refractivity contribution >= 4 is 17.7 Å². The van der Waals surface area contributed by atoms with Gasteiger partial charge in [-0.3, -0.25) is 4.79 Å². The second-order valence-corrected chi connectivity index (χ2v) is 6.75. The van der Waals surface area contributed by atoms with Crippen LogP contribution in [0.3, 0.4) is 0 Å². The molecule has 2 aliphatic rings.